The molecule has 5 rings (SSSR count). The van der Waals surface area contributed by atoms with Gasteiger partial charge in [0.15, 0.2) is 0 Å². The number of hydrogen-bond acceptors (Lipinski definition) is 11. The largest absolute Gasteiger partial charge is 0.481 e. The summed E-state index contributed by atoms with van der Waals surface area (Å²) < 4.78 is 32.9. The number of hydrogen-bond donors (Lipinski definition) is 3. The molecule has 340 valence electrons. The molecule has 1 aromatic heterocycles. The maximum atomic E-state index is 13.8. The lowest BCUT2D eigenvalue weighted by Gasteiger charge is -2.26. The molecule has 14 heteroatoms. The molecule has 3 N–H and O–H groups in total. The van der Waals surface area contributed by atoms with E-state index in [-0.39, 0.29) is 30.9 Å². The average molecular weight is 869 g/mol. The van der Waals surface area contributed by atoms with Crippen LogP contribution in [0.4, 0.5) is 11.4 Å². The first-order chi connectivity index (χ1) is 30.9. The molecule has 0 saturated carbocycles. The van der Waals surface area contributed by atoms with Crippen LogP contribution in [-0.4, -0.2) is 120 Å². The van der Waals surface area contributed by atoms with E-state index >= 15 is 0 Å². The van der Waals surface area contributed by atoms with E-state index in [9.17, 15) is 14.4 Å². The van der Waals surface area contributed by atoms with Gasteiger partial charge >= 0.3 is 5.97 Å². The van der Waals surface area contributed by atoms with Gasteiger partial charge in [0, 0.05) is 48.3 Å². The minimum absolute atomic E-state index is 0.0135. The molecule has 3 aromatic carbocycles. The van der Waals surface area contributed by atoms with Gasteiger partial charge in [-0.15, -0.1) is 0 Å². The zero-order chi connectivity index (χ0) is 44.5. The van der Waals surface area contributed by atoms with Crippen molar-refractivity contribution in [3.63, 3.8) is 0 Å². The fraction of sp³-hybridized carbons (Fsp3) is 0.469. The number of anilines is 2. The van der Waals surface area contributed by atoms with Crippen LogP contribution in [0.1, 0.15) is 83.0 Å². The number of aliphatic carboxylic acids is 1. The van der Waals surface area contributed by atoms with Gasteiger partial charge in [-0.05, 0) is 105 Å². The van der Waals surface area contributed by atoms with Crippen LogP contribution in [0.2, 0.25) is 0 Å². The van der Waals surface area contributed by atoms with Crippen molar-refractivity contribution in [3.05, 3.63) is 113 Å². The molecule has 63 heavy (non-hydrogen) atoms. The van der Waals surface area contributed by atoms with Crippen LogP contribution in [-0.2, 0) is 46.1 Å². The van der Waals surface area contributed by atoms with Crippen molar-refractivity contribution in [2.75, 3.05) is 103 Å². The number of pyridine rings is 1. The van der Waals surface area contributed by atoms with Crippen molar-refractivity contribution >= 4 is 29.2 Å². The van der Waals surface area contributed by atoms with Crippen molar-refractivity contribution in [2.24, 2.45) is 0 Å². The number of carboxylic acid groups (broad SMARTS) is 1. The zero-order valence-corrected chi connectivity index (χ0v) is 36.8. The Morgan fingerprint density at radius 2 is 1.33 bits per heavy atom. The molecule has 0 unspecified atom stereocenters. The summed E-state index contributed by atoms with van der Waals surface area (Å²) in [6.07, 6.45) is 6.12. The Bertz CT molecular complexity index is 2010. The van der Waals surface area contributed by atoms with Gasteiger partial charge in [0.05, 0.1) is 96.5 Å². The van der Waals surface area contributed by atoms with Crippen LogP contribution in [0, 0.1) is 0 Å². The number of nitrogens with one attached hydrogen (secondary N) is 2. The first-order valence-electron chi connectivity index (χ1n) is 22.2. The molecule has 1 atom stereocenters. The molecule has 1 aliphatic carbocycles. The Hall–Kier alpha value is -5.22. The third-order valence-electron chi connectivity index (χ3n) is 10.6. The molecule has 0 saturated heterocycles. The highest BCUT2D eigenvalue weighted by Gasteiger charge is 2.23. The maximum Gasteiger partial charge on any atom is 0.305 e. The first-order valence-corrected chi connectivity index (χ1v) is 22.2. The number of benzene rings is 3. The molecule has 14 nitrogen and oxygen atoms in total. The molecular weight excluding hydrogens is 805 g/mol. The molecule has 0 aliphatic heterocycles. The van der Waals surface area contributed by atoms with Crippen LogP contribution in [0.3, 0.4) is 0 Å². The molecule has 1 aliphatic rings. The fourth-order valence-electron chi connectivity index (χ4n) is 7.31. The van der Waals surface area contributed by atoms with Crippen molar-refractivity contribution < 1.29 is 47.9 Å². The van der Waals surface area contributed by atoms with Crippen LogP contribution >= 0.6 is 0 Å². The molecule has 2 amide bonds. The number of aryl methyl sites for hydroxylation is 2. The second kappa shape index (κ2) is 27.8. The summed E-state index contributed by atoms with van der Waals surface area (Å²) in [5.74, 6) is -1.27. The van der Waals surface area contributed by atoms with Crippen LogP contribution < -0.4 is 15.5 Å². The summed E-state index contributed by atoms with van der Waals surface area (Å²) >= 11 is 0. The lowest BCUT2D eigenvalue weighted by atomic mass is 9.87. The van der Waals surface area contributed by atoms with Gasteiger partial charge in [0.1, 0.15) is 0 Å². The van der Waals surface area contributed by atoms with Crippen LogP contribution in [0.15, 0.2) is 85.1 Å². The van der Waals surface area contributed by atoms with Gasteiger partial charge in [-0.1, -0.05) is 36.4 Å². The van der Waals surface area contributed by atoms with Crippen molar-refractivity contribution in [1.29, 1.82) is 0 Å². The van der Waals surface area contributed by atoms with Crippen molar-refractivity contribution in [1.82, 2.24) is 10.3 Å². The van der Waals surface area contributed by atoms with Gasteiger partial charge in [-0.3, -0.25) is 19.4 Å². The number of amides is 2. The van der Waals surface area contributed by atoms with Gasteiger partial charge in [-0.2, -0.15) is 0 Å². The number of ether oxygens (including phenoxy) is 6. The van der Waals surface area contributed by atoms with Crippen LogP contribution in [0.25, 0.3) is 11.3 Å². The highest BCUT2D eigenvalue weighted by Crippen LogP contribution is 2.33. The van der Waals surface area contributed by atoms with E-state index in [1.165, 1.54) is 11.1 Å². The Kier molecular flexibility index (Phi) is 21.5. The standard InChI is InChI=1S/C49H64N4O10/c1-3-53(4-2)41-17-18-45(43(36-41)46-35-40(19-21-50-46)49(57)51-44-16-8-13-38-12-5-6-15-42(38)44)52-48(56)39-14-7-10-37(34-39)11-9-22-58-24-26-60-28-30-62-32-33-63-31-29-61-27-25-59-23-20-47(54)55/h5-7,10,12,14-15,17-19,21,34-36,44H,3-4,8-9,11,13,16,20,22-33H2,1-2H3,(H,51,57)(H,52,56)(H,54,55)/t44-/m0/s1. The summed E-state index contributed by atoms with van der Waals surface area (Å²) in [6, 6.07) is 25.4. The predicted octanol–water partition coefficient (Wildman–Crippen LogP) is 7.16. The maximum absolute atomic E-state index is 13.8. The number of carboxylic acids is 1. The normalized spacial score (nSPS) is 13.3. The van der Waals surface area contributed by atoms with Crippen LogP contribution in [0.5, 0.6) is 0 Å². The monoisotopic (exact) mass is 868 g/mol. The Balaban J connectivity index is 1.02. The number of carbonyl (C=O) groups is 3. The van der Waals surface area contributed by atoms with E-state index in [1.54, 1.807) is 18.3 Å². The number of carbonyl (C=O) groups excluding carboxylic acids is 2. The second-order valence-corrected chi connectivity index (χ2v) is 15.0. The minimum Gasteiger partial charge on any atom is -0.481 e. The minimum atomic E-state index is -0.881. The van der Waals surface area contributed by atoms with E-state index in [4.69, 9.17) is 33.5 Å². The fourth-order valence-corrected chi connectivity index (χ4v) is 7.31. The Morgan fingerprint density at radius 1 is 0.698 bits per heavy atom. The van der Waals surface area contributed by atoms with Crippen molar-refractivity contribution in [2.45, 2.75) is 58.4 Å². The number of rotatable bonds is 30. The highest BCUT2D eigenvalue weighted by molar-refractivity contribution is 6.06. The molecule has 0 radical (unpaired) electrons. The molecular formula is C49H64N4O10. The highest BCUT2D eigenvalue weighted by atomic mass is 16.6. The van der Waals surface area contributed by atoms with E-state index in [1.807, 2.05) is 54.6 Å². The summed E-state index contributed by atoms with van der Waals surface area (Å²) in [7, 11) is 0. The Morgan fingerprint density at radius 3 is 2.00 bits per heavy atom. The first kappa shape index (κ1) is 48.8. The average Bonchev–Trinajstić information content (AvgIpc) is 3.30. The number of fused-ring (bicyclic) bond motifs is 1. The summed E-state index contributed by atoms with van der Waals surface area (Å²) in [5.41, 5.74) is 7.50. The number of aromatic nitrogens is 1. The smallest absolute Gasteiger partial charge is 0.305 e. The molecule has 1 heterocycles. The molecule has 0 bridgehead atoms. The van der Waals surface area contributed by atoms with Gasteiger partial charge < -0.3 is 49.1 Å². The summed E-state index contributed by atoms with van der Waals surface area (Å²) in [6.45, 7) is 11.0. The van der Waals surface area contributed by atoms with E-state index in [0.29, 0.717) is 95.2 Å². The molecule has 0 fully saturated rings. The zero-order valence-electron chi connectivity index (χ0n) is 36.8. The third-order valence-corrected chi connectivity index (χ3v) is 10.6. The van der Waals surface area contributed by atoms with Crippen molar-refractivity contribution in [3.8, 4) is 11.3 Å². The second-order valence-electron chi connectivity index (χ2n) is 15.0. The third kappa shape index (κ3) is 16.8. The van der Waals surface area contributed by atoms with E-state index < -0.39 is 5.97 Å². The predicted molar refractivity (Wildman–Crippen MR) is 243 cm³/mol. The summed E-state index contributed by atoms with van der Waals surface area (Å²) in [5, 5.41) is 15.0. The van der Waals surface area contributed by atoms with E-state index in [0.717, 1.165) is 62.0 Å². The molecule has 4 aromatic rings. The lowest BCUT2D eigenvalue weighted by molar-refractivity contribution is -0.138. The summed E-state index contributed by atoms with van der Waals surface area (Å²) in [4.78, 5) is 44.8. The quantitative estimate of drug-likeness (QED) is 0.0454. The van der Waals surface area contributed by atoms with Gasteiger partial charge in [0.25, 0.3) is 11.8 Å². The topological polar surface area (TPSA) is 167 Å². The van der Waals surface area contributed by atoms with Gasteiger partial charge in [0.2, 0.25) is 0 Å². The Labute approximate surface area is 371 Å². The lowest BCUT2D eigenvalue weighted by Crippen LogP contribution is -2.31. The molecule has 0 spiro atoms. The number of nitrogens with zero attached hydrogens (tertiary/aromatic N) is 2. The van der Waals surface area contributed by atoms with E-state index in [2.05, 4.69) is 46.5 Å². The van der Waals surface area contributed by atoms with Gasteiger partial charge in [-0.25, -0.2) is 0 Å². The SMILES string of the molecule is CCN(CC)c1ccc(NC(=O)c2cccc(CCCOCCOCCOCCOCCOCCOCCC(=O)O)c2)c(-c2cc(C(=O)N[C@H]3CCCc4ccccc43)ccn2)c1.